The maximum Gasteiger partial charge on any atom is 0.130 e. The summed E-state index contributed by atoms with van der Waals surface area (Å²) in [6.07, 6.45) is 3.66. The molecule has 0 heterocycles. The van der Waals surface area contributed by atoms with Crippen LogP contribution >= 0.6 is 12.4 Å². The second kappa shape index (κ2) is 7.58. The summed E-state index contributed by atoms with van der Waals surface area (Å²) in [6.45, 7) is 2.08. The van der Waals surface area contributed by atoms with Gasteiger partial charge in [0.25, 0.3) is 0 Å². The van der Waals surface area contributed by atoms with Crippen LogP contribution in [0.15, 0.2) is 18.2 Å². The maximum absolute atomic E-state index is 13.3. The van der Waals surface area contributed by atoms with Crippen LogP contribution in [0, 0.1) is 11.6 Å². The van der Waals surface area contributed by atoms with E-state index in [9.17, 15) is 8.78 Å². The van der Waals surface area contributed by atoms with E-state index in [4.69, 9.17) is 5.73 Å². The largest absolute Gasteiger partial charge is 0.324 e. The van der Waals surface area contributed by atoms with Gasteiger partial charge >= 0.3 is 0 Å². The molecule has 1 rings (SSSR count). The van der Waals surface area contributed by atoms with Crippen LogP contribution in [-0.2, 0) is 0 Å². The van der Waals surface area contributed by atoms with Crippen molar-refractivity contribution in [3.63, 3.8) is 0 Å². The molecular formula is C12H18ClF2N. The van der Waals surface area contributed by atoms with Crippen LogP contribution in [0.2, 0.25) is 0 Å². The molecule has 1 aromatic carbocycles. The normalized spacial score (nSPS) is 12.0. The molecule has 0 saturated carbocycles. The zero-order valence-corrected chi connectivity index (χ0v) is 10.2. The Labute approximate surface area is 101 Å². The minimum Gasteiger partial charge on any atom is -0.324 e. The van der Waals surface area contributed by atoms with Crippen LogP contribution in [0.1, 0.15) is 44.2 Å². The van der Waals surface area contributed by atoms with Gasteiger partial charge in [0.15, 0.2) is 0 Å². The molecule has 1 unspecified atom stereocenters. The van der Waals surface area contributed by atoms with E-state index in [1.807, 2.05) is 0 Å². The van der Waals surface area contributed by atoms with Crippen LogP contribution in [0.5, 0.6) is 0 Å². The van der Waals surface area contributed by atoms with Gasteiger partial charge in [0.2, 0.25) is 0 Å². The smallest absolute Gasteiger partial charge is 0.130 e. The van der Waals surface area contributed by atoms with Crippen LogP contribution < -0.4 is 5.73 Å². The molecule has 0 bridgehead atoms. The summed E-state index contributed by atoms with van der Waals surface area (Å²) in [4.78, 5) is 0. The minimum atomic E-state index is -0.543. The Bertz CT molecular complexity index is 298. The first-order valence-electron chi connectivity index (χ1n) is 5.36. The van der Waals surface area contributed by atoms with Gasteiger partial charge in [-0.15, -0.1) is 12.4 Å². The zero-order chi connectivity index (χ0) is 11.3. The van der Waals surface area contributed by atoms with E-state index in [-0.39, 0.29) is 18.0 Å². The van der Waals surface area contributed by atoms with Gasteiger partial charge in [-0.2, -0.15) is 0 Å². The van der Waals surface area contributed by atoms with E-state index < -0.39 is 17.7 Å². The fourth-order valence-electron chi connectivity index (χ4n) is 1.62. The third-order valence-electron chi connectivity index (χ3n) is 2.49. The van der Waals surface area contributed by atoms with Gasteiger partial charge < -0.3 is 5.73 Å². The lowest BCUT2D eigenvalue weighted by Crippen LogP contribution is -2.14. The molecule has 0 aliphatic rings. The monoisotopic (exact) mass is 249 g/mol. The van der Waals surface area contributed by atoms with Crippen LogP contribution in [0.4, 0.5) is 8.78 Å². The topological polar surface area (TPSA) is 26.0 Å². The van der Waals surface area contributed by atoms with E-state index in [1.165, 1.54) is 18.2 Å². The molecular weight excluding hydrogens is 232 g/mol. The van der Waals surface area contributed by atoms with E-state index in [2.05, 4.69) is 6.92 Å². The SMILES string of the molecule is CCCCCC(N)c1c(F)cccc1F.Cl. The number of hydrogen-bond acceptors (Lipinski definition) is 1. The number of benzene rings is 1. The van der Waals surface area contributed by atoms with Gasteiger partial charge in [0, 0.05) is 11.6 Å². The molecule has 2 N–H and O–H groups in total. The van der Waals surface area contributed by atoms with Gasteiger partial charge in [-0.05, 0) is 18.6 Å². The highest BCUT2D eigenvalue weighted by molar-refractivity contribution is 5.85. The third-order valence-corrected chi connectivity index (χ3v) is 2.49. The summed E-state index contributed by atoms with van der Waals surface area (Å²) in [6, 6.07) is 3.32. The molecule has 0 aromatic heterocycles. The second-order valence-electron chi connectivity index (χ2n) is 3.74. The summed E-state index contributed by atoms with van der Waals surface area (Å²) in [5, 5.41) is 0. The lowest BCUT2D eigenvalue weighted by atomic mass is 10.0. The molecule has 0 spiro atoms. The average molecular weight is 250 g/mol. The van der Waals surface area contributed by atoms with Crippen molar-refractivity contribution in [3.05, 3.63) is 35.4 Å². The first-order valence-corrected chi connectivity index (χ1v) is 5.36. The van der Waals surface area contributed by atoms with E-state index in [1.54, 1.807) is 0 Å². The Balaban J connectivity index is 0.00000225. The molecule has 92 valence electrons. The number of halogens is 3. The molecule has 16 heavy (non-hydrogen) atoms. The Kier molecular flexibility index (Phi) is 7.26. The predicted octanol–water partition coefficient (Wildman–Crippen LogP) is 3.97. The molecule has 0 fully saturated rings. The Hall–Kier alpha value is -0.670. The van der Waals surface area contributed by atoms with Crippen molar-refractivity contribution in [3.8, 4) is 0 Å². The quantitative estimate of drug-likeness (QED) is 0.786. The number of unbranched alkanes of at least 4 members (excludes halogenated alkanes) is 2. The van der Waals surface area contributed by atoms with Crippen molar-refractivity contribution in [1.29, 1.82) is 0 Å². The number of hydrogen-bond donors (Lipinski definition) is 1. The molecule has 1 aromatic rings. The van der Waals surface area contributed by atoms with Gasteiger partial charge in [0.1, 0.15) is 11.6 Å². The lowest BCUT2D eigenvalue weighted by Gasteiger charge is -2.13. The molecule has 0 aliphatic heterocycles. The third kappa shape index (κ3) is 4.06. The molecule has 1 nitrogen and oxygen atoms in total. The van der Waals surface area contributed by atoms with Gasteiger partial charge in [-0.3, -0.25) is 0 Å². The van der Waals surface area contributed by atoms with Crippen molar-refractivity contribution >= 4 is 12.4 Å². The lowest BCUT2D eigenvalue weighted by molar-refractivity contribution is 0.498. The van der Waals surface area contributed by atoms with Crippen LogP contribution in [-0.4, -0.2) is 0 Å². The van der Waals surface area contributed by atoms with Gasteiger partial charge in [0.05, 0.1) is 0 Å². The van der Waals surface area contributed by atoms with Gasteiger partial charge in [-0.1, -0.05) is 32.3 Å². The van der Waals surface area contributed by atoms with Gasteiger partial charge in [-0.25, -0.2) is 8.78 Å². The fraction of sp³-hybridized carbons (Fsp3) is 0.500. The van der Waals surface area contributed by atoms with E-state index in [0.29, 0.717) is 6.42 Å². The summed E-state index contributed by atoms with van der Waals surface area (Å²) in [7, 11) is 0. The molecule has 0 saturated heterocycles. The van der Waals surface area contributed by atoms with Crippen molar-refractivity contribution in [1.82, 2.24) is 0 Å². The van der Waals surface area contributed by atoms with Crippen molar-refractivity contribution in [2.24, 2.45) is 5.73 Å². The fourth-order valence-corrected chi connectivity index (χ4v) is 1.62. The first kappa shape index (κ1) is 15.3. The molecule has 0 radical (unpaired) electrons. The molecule has 1 atom stereocenters. The highest BCUT2D eigenvalue weighted by Gasteiger charge is 2.15. The number of rotatable bonds is 5. The van der Waals surface area contributed by atoms with Crippen molar-refractivity contribution in [2.75, 3.05) is 0 Å². The second-order valence-corrected chi connectivity index (χ2v) is 3.74. The Morgan fingerprint density at radius 2 is 1.75 bits per heavy atom. The molecule has 0 aliphatic carbocycles. The van der Waals surface area contributed by atoms with Crippen LogP contribution in [0.3, 0.4) is 0 Å². The predicted molar refractivity (Wildman–Crippen MR) is 64.7 cm³/mol. The average Bonchev–Trinajstić information content (AvgIpc) is 2.18. The van der Waals surface area contributed by atoms with E-state index in [0.717, 1.165) is 19.3 Å². The molecule has 4 heteroatoms. The number of nitrogens with two attached hydrogens (primary N) is 1. The summed E-state index contributed by atoms with van der Waals surface area (Å²) < 4.78 is 26.6. The van der Waals surface area contributed by atoms with Crippen LogP contribution in [0.25, 0.3) is 0 Å². The highest BCUT2D eigenvalue weighted by atomic mass is 35.5. The molecule has 0 amide bonds. The first-order chi connectivity index (χ1) is 7.16. The summed E-state index contributed by atoms with van der Waals surface area (Å²) >= 11 is 0. The maximum atomic E-state index is 13.3. The Morgan fingerprint density at radius 1 is 1.19 bits per heavy atom. The summed E-state index contributed by atoms with van der Waals surface area (Å²) in [5.74, 6) is -1.09. The van der Waals surface area contributed by atoms with Crippen molar-refractivity contribution in [2.45, 2.75) is 38.6 Å². The van der Waals surface area contributed by atoms with E-state index >= 15 is 0 Å². The minimum absolute atomic E-state index is 0. The standard InChI is InChI=1S/C12H17F2N.ClH/c1-2-3-4-8-11(15)12-9(13)6-5-7-10(12)14;/h5-7,11H,2-4,8,15H2,1H3;1H. The highest BCUT2D eigenvalue weighted by Crippen LogP contribution is 2.22. The summed E-state index contributed by atoms with van der Waals surface area (Å²) in [5.41, 5.74) is 5.78. The Morgan fingerprint density at radius 3 is 2.25 bits per heavy atom. The zero-order valence-electron chi connectivity index (χ0n) is 9.38. The van der Waals surface area contributed by atoms with Crippen molar-refractivity contribution < 1.29 is 8.78 Å².